The second-order valence-corrected chi connectivity index (χ2v) is 9.74. The number of hydrogen-bond acceptors (Lipinski definition) is 7. The standard InChI is InChI=1S/C27H29FO7S/c1-3-33-27(30)26(35-36(31,32)23-13-9-19(2)10-14-23)24(29)15-11-21-17-22(28)12-16-25(21)34-18-20-7-5-4-6-8-20/h4-10,12-14,16-17,24,26,29H,3,11,15,18H2,1-2H3/t24-,26+/m1/s1. The molecular formula is C27H29FO7S. The van der Waals surface area contributed by atoms with Crippen LogP contribution in [0.3, 0.4) is 0 Å². The van der Waals surface area contributed by atoms with Crippen LogP contribution in [0.4, 0.5) is 4.39 Å². The average molecular weight is 517 g/mol. The molecule has 192 valence electrons. The van der Waals surface area contributed by atoms with Crippen molar-refractivity contribution in [3.8, 4) is 5.75 Å². The lowest BCUT2D eigenvalue weighted by atomic mass is 10.0. The minimum absolute atomic E-state index is 0.0304. The Bertz CT molecular complexity index is 1240. The van der Waals surface area contributed by atoms with Gasteiger partial charge in [-0.3, -0.25) is 0 Å². The maximum atomic E-state index is 14.0. The Balaban J connectivity index is 1.74. The van der Waals surface area contributed by atoms with E-state index in [4.69, 9.17) is 13.7 Å². The molecule has 3 aromatic carbocycles. The van der Waals surface area contributed by atoms with Crippen LogP contribution in [-0.4, -0.2) is 38.3 Å². The molecule has 0 aliphatic rings. The van der Waals surface area contributed by atoms with E-state index in [0.717, 1.165) is 11.1 Å². The molecule has 0 heterocycles. The van der Waals surface area contributed by atoms with E-state index < -0.39 is 34.1 Å². The molecule has 0 saturated heterocycles. The minimum Gasteiger partial charge on any atom is -0.489 e. The van der Waals surface area contributed by atoms with Crippen molar-refractivity contribution >= 4 is 16.1 Å². The van der Waals surface area contributed by atoms with Crippen molar-refractivity contribution in [1.82, 2.24) is 0 Å². The van der Waals surface area contributed by atoms with Crippen molar-refractivity contribution in [3.05, 3.63) is 95.3 Å². The summed E-state index contributed by atoms with van der Waals surface area (Å²) in [6, 6.07) is 19.3. The summed E-state index contributed by atoms with van der Waals surface area (Å²) in [4.78, 5) is 12.3. The molecule has 3 rings (SSSR count). The SMILES string of the molecule is CCOC(=O)[C@@H](OS(=O)(=O)c1ccc(C)cc1)[C@H](O)CCc1cc(F)ccc1OCc1ccccc1. The first-order valence-corrected chi connectivity index (χ1v) is 12.9. The van der Waals surface area contributed by atoms with Crippen LogP contribution in [0.5, 0.6) is 5.75 Å². The topological polar surface area (TPSA) is 99.1 Å². The average Bonchev–Trinajstić information content (AvgIpc) is 2.86. The monoisotopic (exact) mass is 516 g/mol. The summed E-state index contributed by atoms with van der Waals surface area (Å²) in [5.74, 6) is -1.10. The van der Waals surface area contributed by atoms with Gasteiger partial charge in [-0.15, -0.1) is 0 Å². The maximum Gasteiger partial charge on any atom is 0.339 e. The third-order valence-corrected chi connectivity index (χ3v) is 6.69. The van der Waals surface area contributed by atoms with Gasteiger partial charge in [0.25, 0.3) is 10.1 Å². The van der Waals surface area contributed by atoms with Crippen LogP contribution < -0.4 is 4.74 Å². The van der Waals surface area contributed by atoms with Crippen molar-refractivity contribution in [3.63, 3.8) is 0 Å². The summed E-state index contributed by atoms with van der Waals surface area (Å²) in [6.45, 7) is 3.58. The van der Waals surface area contributed by atoms with Gasteiger partial charge in [0.05, 0.1) is 17.6 Å². The van der Waals surface area contributed by atoms with Crippen molar-refractivity contribution in [2.45, 2.75) is 50.4 Å². The van der Waals surface area contributed by atoms with Crippen molar-refractivity contribution in [1.29, 1.82) is 0 Å². The number of benzene rings is 3. The van der Waals surface area contributed by atoms with E-state index in [1.165, 1.54) is 30.3 Å². The van der Waals surface area contributed by atoms with E-state index in [9.17, 15) is 22.7 Å². The van der Waals surface area contributed by atoms with Crippen LogP contribution >= 0.6 is 0 Å². The summed E-state index contributed by atoms with van der Waals surface area (Å²) in [5, 5.41) is 10.8. The third kappa shape index (κ3) is 7.61. The molecule has 0 aromatic heterocycles. The highest BCUT2D eigenvalue weighted by Crippen LogP contribution is 2.25. The van der Waals surface area contributed by atoms with E-state index in [2.05, 4.69) is 0 Å². The Morgan fingerprint density at radius 1 is 1.03 bits per heavy atom. The lowest BCUT2D eigenvalue weighted by Gasteiger charge is -2.22. The molecule has 0 unspecified atom stereocenters. The predicted molar refractivity (Wildman–Crippen MR) is 131 cm³/mol. The van der Waals surface area contributed by atoms with Gasteiger partial charge in [0.15, 0.2) is 6.10 Å². The fraction of sp³-hybridized carbons (Fsp3) is 0.296. The number of halogens is 1. The van der Waals surface area contributed by atoms with Crippen molar-refractivity contribution in [2.75, 3.05) is 6.61 Å². The second kappa shape index (κ2) is 12.6. The van der Waals surface area contributed by atoms with Gasteiger partial charge in [-0.1, -0.05) is 48.0 Å². The van der Waals surface area contributed by atoms with Crippen molar-refractivity contribution in [2.24, 2.45) is 0 Å². The zero-order chi connectivity index (χ0) is 26.1. The Labute approximate surface area is 210 Å². The summed E-state index contributed by atoms with van der Waals surface area (Å²) < 4.78 is 55.4. The first-order chi connectivity index (χ1) is 17.2. The first-order valence-electron chi connectivity index (χ1n) is 11.5. The van der Waals surface area contributed by atoms with Gasteiger partial charge in [0.1, 0.15) is 18.2 Å². The van der Waals surface area contributed by atoms with Gasteiger partial charge < -0.3 is 14.6 Å². The molecule has 0 spiro atoms. The number of aliphatic hydroxyl groups excluding tert-OH is 1. The fourth-order valence-corrected chi connectivity index (χ4v) is 4.52. The van der Waals surface area contributed by atoms with Gasteiger partial charge in [0, 0.05) is 0 Å². The number of aliphatic hydroxyl groups is 1. The number of esters is 1. The molecule has 1 N–H and O–H groups in total. The van der Waals surface area contributed by atoms with E-state index >= 15 is 0 Å². The van der Waals surface area contributed by atoms with E-state index in [-0.39, 0.29) is 31.0 Å². The Morgan fingerprint density at radius 2 is 1.72 bits per heavy atom. The molecule has 0 fully saturated rings. The molecule has 7 nitrogen and oxygen atoms in total. The maximum absolute atomic E-state index is 14.0. The minimum atomic E-state index is -4.37. The van der Waals surface area contributed by atoms with Crippen LogP contribution in [-0.2, 0) is 36.9 Å². The molecule has 0 saturated carbocycles. The van der Waals surface area contributed by atoms with E-state index in [0.29, 0.717) is 11.3 Å². The number of carbonyl (C=O) groups excluding carboxylic acids is 1. The summed E-state index contributed by atoms with van der Waals surface area (Å²) in [6.07, 6.45) is -3.36. The summed E-state index contributed by atoms with van der Waals surface area (Å²) in [7, 11) is -4.37. The van der Waals surface area contributed by atoms with Crippen LogP contribution in [0.15, 0.2) is 77.7 Å². The fourth-order valence-electron chi connectivity index (χ4n) is 3.46. The van der Waals surface area contributed by atoms with Crippen LogP contribution in [0, 0.1) is 12.7 Å². The van der Waals surface area contributed by atoms with Gasteiger partial charge in [-0.05, 0) is 68.1 Å². The quantitative estimate of drug-likeness (QED) is 0.282. The Kier molecular flexibility index (Phi) is 9.58. The zero-order valence-corrected chi connectivity index (χ0v) is 20.9. The van der Waals surface area contributed by atoms with Gasteiger partial charge >= 0.3 is 5.97 Å². The number of hydrogen-bond donors (Lipinski definition) is 1. The Morgan fingerprint density at radius 3 is 2.39 bits per heavy atom. The molecule has 0 bridgehead atoms. The number of aryl methyl sites for hydroxylation is 2. The summed E-state index contributed by atoms with van der Waals surface area (Å²) >= 11 is 0. The molecule has 0 aliphatic heterocycles. The normalized spacial score (nSPS) is 13.1. The van der Waals surface area contributed by atoms with Crippen LogP contribution in [0.2, 0.25) is 0 Å². The lowest BCUT2D eigenvalue weighted by molar-refractivity contribution is -0.156. The zero-order valence-electron chi connectivity index (χ0n) is 20.1. The number of ether oxygens (including phenoxy) is 2. The highest BCUT2D eigenvalue weighted by molar-refractivity contribution is 7.86. The molecule has 0 radical (unpaired) electrons. The first kappa shape index (κ1) is 27.3. The molecular weight excluding hydrogens is 487 g/mol. The number of rotatable bonds is 12. The van der Waals surface area contributed by atoms with Crippen LogP contribution in [0.25, 0.3) is 0 Å². The van der Waals surface area contributed by atoms with Crippen LogP contribution in [0.1, 0.15) is 30.0 Å². The Hall–Kier alpha value is -3.27. The molecule has 9 heteroatoms. The molecule has 0 aliphatic carbocycles. The summed E-state index contributed by atoms with van der Waals surface area (Å²) in [5.41, 5.74) is 2.22. The second-order valence-electron chi connectivity index (χ2n) is 8.17. The molecule has 2 atom stereocenters. The highest BCUT2D eigenvalue weighted by atomic mass is 32.2. The van der Waals surface area contributed by atoms with E-state index in [1.54, 1.807) is 26.0 Å². The number of carbonyl (C=O) groups is 1. The molecule has 0 amide bonds. The molecule has 3 aromatic rings. The largest absolute Gasteiger partial charge is 0.489 e. The van der Waals surface area contributed by atoms with Gasteiger partial charge in [-0.25, -0.2) is 13.4 Å². The predicted octanol–water partition coefficient (Wildman–Crippen LogP) is 4.34. The van der Waals surface area contributed by atoms with Gasteiger partial charge in [0.2, 0.25) is 0 Å². The third-order valence-electron chi connectivity index (χ3n) is 5.38. The highest BCUT2D eigenvalue weighted by Gasteiger charge is 2.35. The van der Waals surface area contributed by atoms with Crippen molar-refractivity contribution < 1.29 is 36.4 Å². The molecule has 36 heavy (non-hydrogen) atoms. The van der Waals surface area contributed by atoms with Gasteiger partial charge in [-0.2, -0.15) is 8.42 Å². The lowest BCUT2D eigenvalue weighted by Crippen LogP contribution is -2.40. The smallest absolute Gasteiger partial charge is 0.339 e. The van der Waals surface area contributed by atoms with E-state index in [1.807, 2.05) is 30.3 Å².